The lowest BCUT2D eigenvalue weighted by Crippen LogP contribution is -2.27. The van der Waals surface area contributed by atoms with Crippen molar-refractivity contribution in [1.82, 2.24) is 0 Å². The number of methoxy groups -OCH3 is 2. The Bertz CT molecular complexity index is 495. The molecule has 1 aromatic carbocycles. The van der Waals surface area contributed by atoms with E-state index < -0.39 is 29.6 Å². The molecule has 0 aliphatic rings. The second kappa shape index (κ2) is 7.10. The van der Waals surface area contributed by atoms with E-state index in [4.69, 9.17) is 0 Å². The van der Waals surface area contributed by atoms with Crippen LogP contribution in [0.15, 0.2) is 24.3 Å². The SMILES string of the molecule is COC(=O)C(CCc1cccc(C(F)(F)F)c1)C(=O)OC. The van der Waals surface area contributed by atoms with Crippen molar-refractivity contribution >= 4 is 11.9 Å². The Morgan fingerprint density at radius 2 is 1.71 bits per heavy atom. The van der Waals surface area contributed by atoms with Crippen LogP contribution in [0.2, 0.25) is 0 Å². The number of benzene rings is 1. The topological polar surface area (TPSA) is 52.6 Å². The van der Waals surface area contributed by atoms with Gasteiger partial charge >= 0.3 is 18.1 Å². The summed E-state index contributed by atoms with van der Waals surface area (Å²) in [6.07, 6.45) is -4.29. The number of esters is 2. The van der Waals surface area contributed by atoms with Gasteiger partial charge in [-0.2, -0.15) is 13.2 Å². The maximum atomic E-state index is 12.6. The third-order valence-electron chi connectivity index (χ3n) is 2.95. The van der Waals surface area contributed by atoms with E-state index in [1.54, 1.807) is 0 Å². The normalized spacial score (nSPS) is 11.3. The number of aryl methyl sites for hydroxylation is 1. The molecule has 0 amide bonds. The first-order valence-corrected chi connectivity index (χ1v) is 6.11. The minimum absolute atomic E-state index is 0.0145. The lowest BCUT2D eigenvalue weighted by Gasteiger charge is -2.13. The number of carbonyl (C=O) groups excluding carboxylic acids is 2. The summed E-state index contributed by atoms with van der Waals surface area (Å²) in [4.78, 5) is 22.9. The maximum Gasteiger partial charge on any atom is 0.416 e. The summed E-state index contributed by atoms with van der Waals surface area (Å²) in [6.45, 7) is 0. The van der Waals surface area contributed by atoms with Gasteiger partial charge in [-0.25, -0.2) is 0 Å². The summed E-state index contributed by atoms with van der Waals surface area (Å²) in [6, 6.07) is 4.73. The van der Waals surface area contributed by atoms with E-state index in [2.05, 4.69) is 9.47 Å². The van der Waals surface area contributed by atoms with Crippen LogP contribution in [0.3, 0.4) is 0 Å². The van der Waals surface area contributed by atoms with Crippen LogP contribution in [0.25, 0.3) is 0 Å². The molecule has 0 aliphatic heterocycles. The van der Waals surface area contributed by atoms with E-state index in [9.17, 15) is 22.8 Å². The highest BCUT2D eigenvalue weighted by molar-refractivity contribution is 5.94. The van der Waals surface area contributed by atoms with Gasteiger partial charge in [0.2, 0.25) is 0 Å². The third kappa shape index (κ3) is 4.77. The minimum Gasteiger partial charge on any atom is -0.468 e. The van der Waals surface area contributed by atoms with Gasteiger partial charge in [0.05, 0.1) is 19.8 Å². The van der Waals surface area contributed by atoms with Gasteiger partial charge in [-0.1, -0.05) is 18.2 Å². The second-order valence-electron chi connectivity index (χ2n) is 4.34. The van der Waals surface area contributed by atoms with Crippen molar-refractivity contribution in [3.63, 3.8) is 0 Å². The molecular formula is C14H15F3O4. The zero-order valence-electron chi connectivity index (χ0n) is 11.6. The van der Waals surface area contributed by atoms with E-state index >= 15 is 0 Å². The Hall–Kier alpha value is -2.05. The average molecular weight is 304 g/mol. The predicted octanol–water partition coefficient (Wildman–Crippen LogP) is 2.60. The molecule has 0 atom stereocenters. The molecule has 4 nitrogen and oxygen atoms in total. The van der Waals surface area contributed by atoms with Crippen LogP contribution < -0.4 is 0 Å². The Kier molecular flexibility index (Phi) is 5.75. The number of ether oxygens (including phenoxy) is 2. The quantitative estimate of drug-likeness (QED) is 0.620. The summed E-state index contributed by atoms with van der Waals surface area (Å²) in [7, 11) is 2.26. The Morgan fingerprint density at radius 3 is 2.19 bits per heavy atom. The molecule has 1 aromatic rings. The molecule has 0 saturated carbocycles. The molecule has 7 heteroatoms. The highest BCUT2D eigenvalue weighted by Crippen LogP contribution is 2.30. The number of carbonyl (C=O) groups is 2. The molecule has 116 valence electrons. The summed E-state index contributed by atoms with van der Waals surface area (Å²) < 4.78 is 46.7. The Labute approximate surface area is 119 Å². The zero-order valence-corrected chi connectivity index (χ0v) is 11.6. The fourth-order valence-electron chi connectivity index (χ4n) is 1.83. The molecule has 0 unspecified atom stereocenters. The van der Waals surface area contributed by atoms with Crippen LogP contribution in [-0.4, -0.2) is 26.2 Å². The van der Waals surface area contributed by atoms with Crippen LogP contribution in [0.5, 0.6) is 0 Å². The van der Waals surface area contributed by atoms with E-state index in [1.165, 1.54) is 12.1 Å². The maximum absolute atomic E-state index is 12.6. The molecule has 0 aliphatic carbocycles. The van der Waals surface area contributed by atoms with Gasteiger partial charge in [0, 0.05) is 0 Å². The van der Waals surface area contributed by atoms with E-state index in [0.717, 1.165) is 26.4 Å². The number of alkyl halides is 3. The van der Waals surface area contributed by atoms with Crippen molar-refractivity contribution in [1.29, 1.82) is 0 Å². The van der Waals surface area contributed by atoms with Gasteiger partial charge in [0.15, 0.2) is 5.92 Å². The summed E-state index contributed by atoms with van der Waals surface area (Å²) in [5.74, 6) is -2.68. The lowest BCUT2D eigenvalue weighted by molar-refractivity contribution is -0.159. The zero-order chi connectivity index (χ0) is 16.0. The molecule has 0 fully saturated rings. The van der Waals surface area contributed by atoms with E-state index in [1.807, 2.05) is 0 Å². The molecule has 0 heterocycles. The molecule has 1 rings (SSSR count). The number of hydrogen-bond acceptors (Lipinski definition) is 4. The van der Waals surface area contributed by atoms with E-state index in [0.29, 0.717) is 5.56 Å². The second-order valence-corrected chi connectivity index (χ2v) is 4.34. The number of hydrogen-bond donors (Lipinski definition) is 0. The third-order valence-corrected chi connectivity index (χ3v) is 2.95. The van der Waals surface area contributed by atoms with Crippen LogP contribution in [0, 0.1) is 5.92 Å². The standard InChI is InChI=1S/C14H15F3O4/c1-20-12(18)11(13(19)21-2)7-6-9-4-3-5-10(8-9)14(15,16)17/h3-5,8,11H,6-7H2,1-2H3. The van der Waals surface area contributed by atoms with Crippen molar-refractivity contribution in [3.05, 3.63) is 35.4 Å². The van der Waals surface area contributed by atoms with Crippen molar-refractivity contribution in [2.45, 2.75) is 19.0 Å². The van der Waals surface area contributed by atoms with Crippen LogP contribution >= 0.6 is 0 Å². The number of halogens is 3. The van der Waals surface area contributed by atoms with Crippen molar-refractivity contribution in [3.8, 4) is 0 Å². The molecule has 0 N–H and O–H groups in total. The molecule has 0 spiro atoms. The number of rotatable bonds is 5. The van der Waals surface area contributed by atoms with Gasteiger partial charge < -0.3 is 9.47 Å². The summed E-state index contributed by atoms with van der Waals surface area (Å²) in [5, 5.41) is 0. The highest BCUT2D eigenvalue weighted by Gasteiger charge is 2.31. The smallest absolute Gasteiger partial charge is 0.416 e. The largest absolute Gasteiger partial charge is 0.468 e. The summed E-state index contributed by atoms with van der Waals surface area (Å²) in [5.41, 5.74) is -0.393. The molecule has 21 heavy (non-hydrogen) atoms. The summed E-state index contributed by atoms with van der Waals surface area (Å²) >= 11 is 0. The van der Waals surface area contributed by atoms with Crippen LogP contribution in [0.4, 0.5) is 13.2 Å². The Balaban J connectivity index is 2.81. The molecular weight excluding hydrogens is 289 g/mol. The molecule has 0 saturated heterocycles. The first kappa shape index (κ1) is 17.0. The van der Waals surface area contributed by atoms with Crippen molar-refractivity contribution < 1.29 is 32.2 Å². The average Bonchev–Trinajstić information content (AvgIpc) is 2.46. The van der Waals surface area contributed by atoms with Gasteiger partial charge in [-0.05, 0) is 24.5 Å². The highest BCUT2D eigenvalue weighted by atomic mass is 19.4. The van der Waals surface area contributed by atoms with Gasteiger partial charge in [0.25, 0.3) is 0 Å². The van der Waals surface area contributed by atoms with E-state index in [-0.39, 0.29) is 12.8 Å². The van der Waals surface area contributed by atoms with Crippen molar-refractivity contribution in [2.75, 3.05) is 14.2 Å². The minimum atomic E-state index is -4.43. The van der Waals surface area contributed by atoms with Crippen LogP contribution in [0.1, 0.15) is 17.5 Å². The van der Waals surface area contributed by atoms with Gasteiger partial charge in [-0.3, -0.25) is 9.59 Å². The first-order chi connectivity index (χ1) is 9.79. The van der Waals surface area contributed by atoms with Crippen molar-refractivity contribution in [2.24, 2.45) is 5.92 Å². The Morgan fingerprint density at radius 1 is 1.14 bits per heavy atom. The van der Waals surface area contributed by atoms with Gasteiger partial charge in [0.1, 0.15) is 0 Å². The molecule has 0 radical (unpaired) electrons. The fourth-order valence-corrected chi connectivity index (χ4v) is 1.83. The van der Waals surface area contributed by atoms with Crippen LogP contribution in [-0.2, 0) is 31.7 Å². The first-order valence-electron chi connectivity index (χ1n) is 6.11. The van der Waals surface area contributed by atoms with Gasteiger partial charge in [-0.15, -0.1) is 0 Å². The lowest BCUT2D eigenvalue weighted by atomic mass is 9.98. The molecule has 0 aromatic heterocycles. The molecule has 0 bridgehead atoms. The monoisotopic (exact) mass is 304 g/mol. The predicted molar refractivity (Wildman–Crippen MR) is 67.3 cm³/mol. The fraction of sp³-hybridized carbons (Fsp3) is 0.429.